The molecule has 0 spiro atoms. The van der Waals surface area contributed by atoms with Gasteiger partial charge in [-0.05, 0) is 30.7 Å². The van der Waals surface area contributed by atoms with Crippen molar-refractivity contribution in [1.82, 2.24) is 29.9 Å². The molecule has 0 radical (unpaired) electrons. The first-order chi connectivity index (χ1) is 14.6. The van der Waals surface area contributed by atoms with Gasteiger partial charge in [0.25, 0.3) is 5.56 Å². The molecule has 1 aromatic carbocycles. The molecule has 9 nitrogen and oxygen atoms in total. The second kappa shape index (κ2) is 7.38. The maximum atomic E-state index is 13.0. The predicted octanol–water partition coefficient (Wildman–Crippen LogP) is 2.57. The maximum absolute atomic E-state index is 13.0. The van der Waals surface area contributed by atoms with Crippen LogP contribution in [0.25, 0.3) is 22.3 Å². The van der Waals surface area contributed by atoms with Crippen LogP contribution in [0.3, 0.4) is 0 Å². The fraction of sp³-hybridized carbons (Fsp3) is 0.211. The highest BCUT2D eigenvalue weighted by Gasteiger charge is 2.31. The van der Waals surface area contributed by atoms with Crippen LogP contribution < -0.4 is 16.0 Å². The maximum Gasteiger partial charge on any atom is 0.416 e. The molecule has 0 fully saturated rings. The van der Waals surface area contributed by atoms with Gasteiger partial charge < -0.3 is 9.72 Å². The fourth-order valence-corrected chi connectivity index (χ4v) is 3.04. The van der Waals surface area contributed by atoms with Crippen LogP contribution in [0.2, 0.25) is 0 Å². The molecule has 4 rings (SSSR count). The number of aromatic nitrogens is 6. The first-order valence-electron chi connectivity index (χ1n) is 9.00. The Morgan fingerprint density at radius 2 is 1.94 bits per heavy atom. The van der Waals surface area contributed by atoms with Gasteiger partial charge in [-0.3, -0.25) is 9.78 Å². The van der Waals surface area contributed by atoms with Gasteiger partial charge in [-0.2, -0.15) is 13.2 Å². The van der Waals surface area contributed by atoms with Crippen LogP contribution in [-0.4, -0.2) is 29.9 Å². The molecule has 3 aromatic heterocycles. The third-order valence-corrected chi connectivity index (χ3v) is 4.62. The molecule has 4 aromatic rings. The summed E-state index contributed by atoms with van der Waals surface area (Å²) in [5.41, 5.74) is -1.20. The van der Waals surface area contributed by atoms with E-state index in [0.717, 1.165) is 12.1 Å². The van der Waals surface area contributed by atoms with Gasteiger partial charge in [0.15, 0.2) is 5.65 Å². The Morgan fingerprint density at radius 1 is 1.16 bits per heavy atom. The summed E-state index contributed by atoms with van der Waals surface area (Å²) in [5, 5.41) is 12.7. The number of hydrogen-bond acceptors (Lipinski definition) is 6. The van der Waals surface area contributed by atoms with E-state index >= 15 is 0 Å². The average molecular weight is 432 g/mol. The van der Waals surface area contributed by atoms with Crippen molar-refractivity contribution in [2.24, 2.45) is 7.05 Å². The highest BCUT2D eigenvalue weighted by Crippen LogP contribution is 2.33. The first-order valence-corrected chi connectivity index (χ1v) is 9.00. The van der Waals surface area contributed by atoms with E-state index in [9.17, 15) is 22.8 Å². The minimum atomic E-state index is -4.47. The number of aromatic amines is 2. The van der Waals surface area contributed by atoms with Gasteiger partial charge in [0.1, 0.15) is 11.8 Å². The number of nitrogens with one attached hydrogen (secondary N) is 2. The Labute approximate surface area is 171 Å². The quantitative estimate of drug-likeness (QED) is 0.512. The molecule has 0 saturated heterocycles. The molecule has 2 N–H and O–H groups in total. The van der Waals surface area contributed by atoms with Crippen molar-refractivity contribution in [2.45, 2.75) is 19.2 Å². The van der Waals surface area contributed by atoms with Crippen molar-refractivity contribution in [1.29, 1.82) is 0 Å². The van der Waals surface area contributed by atoms with Crippen LogP contribution in [0.1, 0.15) is 24.2 Å². The Morgan fingerprint density at radius 3 is 2.65 bits per heavy atom. The lowest BCUT2D eigenvalue weighted by atomic mass is 10.1. The zero-order valence-corrected chi connectivity index (χ0v) is 16.2. The lowest BCUT2D eigenvalue weighted by Gasteiger charge is -2.15. The Hall–Kier alpha value is -3.96. The summed E-state index contributed by atoms with van der Waals surface area (Å²) in [7, 11) is 1.60. The third-order valence-electron chi connectivity index (χ3n) is 4.62. The molecule has 0 saturated carbocycles. The van der Waals surface area contributed by atoms with Crippen LogP contribution in [0.15, 0.2) is 46.1 Å². The number of hydrogen-bond donors (Lipinski definition) is 2. The number of H-pyrrole nitrogens is 2. The normalized spacial score (nSPS) is 12.8. The van der Waals surface area contributed by atoms with Gasteiger partial charge in [-0.1, -0.05) is 12.1 Å². The number of halogens is 3. The van der Waals surface area contributed by atoms with E-state index in [4.69, 9.17) is 4.74 Å². The Kier molecular flexibility index (Phi) is 4.84. The van der Waals surface area contributed by atoms with Crippen molar-refractivity contribution in [2.75, 3.05) is 0 Å². The van der Waals surface area contributed by atoms with Gasteiger partial charge >= 0.3 is 11.9 Å². The number of rotatable bonds is 4. The van der Waals surface area contributed by atoms with Gasteiger partial charge in [-0.15, -0.1) is 15.3 Å². The molecule has 12 heteroatoms. The number of aryl methyl sites for hydroxylation is 1. The van der Waals surface area contributed by atoms with Crippen molar-refractivity contribution in [3.05, 3.63) is 68.5 Å². The van der Waals surface area contributed by atoms with Crippen molar-refractivity contribution >= 4 is 11.0 Å². The summed E-state index contributed by atoms with van der Waals surface area (Å²) in [6.07, 6.45) is -4.02. The molecule has 3 heterocycles. The van der Waals surface area contributed by atoms with E-state index in [2.05, 4.69) is 25.3 Å². The topological polar surface area (TPSA) is 119 Å². The molecule has 0 aliphatic rings. The van der Waals surface area contributed by atoms with Gasteiger partial charge in [-0.25, -0.2) is 9.48 Å². The van der Waals surface area contributed by atoms with Crippen molar-refractivity contribution in [3.63, 3.8) is 0 Å². The molecular formula is C19H15F3N6O3. The molecule has 0 amide bonds. The van der Waals surface area contributed by atoms with Crippen LogP contribution in [0.5, 0.6) is 5.88 Å². The molecule has 0 bridgehead atoms. The van der Waals surface area contributed by atoms with Crippen LogP contribution in [0.4, 0.5) is 13.2 Å². The molecular weight excluding hydrogens is 417 g/mol. The van der Waals surface area contributed by atoms with E-state index < -0.39 is 29.1 Å². The van der Waals surface area contributed by atoms with Crippen molar-refractivity contribution in [3.8, 4) is 17.1 Å². The van der Waals surface area contributed by atoms with E-state index in [0.29, 0.717) is 16.6 Å². The molecule has 0 aliphatic heterocycles. The van der Waals surface area contributed by atoms with Gasteiger partial charge in [0.2, 0.25) is 5.88 Å². The van der Waals surface area contributed by atoms with E-state index in [1.54, 1.807) is 14.0 Å². The monoisotopic (exact) mass is 432 g/mol. The summed E-state index contributed by atoms with van der Waals surface area (Å²) >= 11 is 0. The predicted molar refractivity (Wildman–Crippen MR) is 103 cm³/mol. The lowest BCUT2D eigenvalue weighted by molar-refractivity contribution is -0.137. The molecule has 31 heavy (non-hydrogen) atoms. The minimum absolute atomic E-state index is 0.0785. The van der Waals surface area contributed by atoms with Gasteiger partial charge in [0, 0.05) is 13.2 Å². The van der Waals surface area contributed by atoms with E-state index in [-0.39, 0.29) is 17.1 Å². The zero-order valence-electron chi connectivity index (χ0n) is 16.2. The van der Waals surface area contributed by atoms with Crippen LogP contribution in [0, 0.1) is 0 Å². The highest BCUT2D eigenvalue weighted by atomic mass is 19.4. The van der Waals surface area contributed by atoms with E-state index in [1.807, 2.05) is 0 Å². The fourth-order valence-electron chi connectivity index (χ4n) is 3.04. The summed E-state index contributed by atoms with van der Waals surface area (Å²) in [6.45, 7) is 1.60. The van der Waals surface area contributed by atoms with Gasteiger partial charge in [0.05, 0.1) is 16.5 Å². The first kappa shape index (κ1) is 20.3. The number of fused-ring (bicyclic) bond motifs is 1. The summed E-state index contributed by atoms with van der Waals surface area (Å²) in [5.74, 6) is 0.111. The molecule has 0 aliphatic carbocycles. The zero-order chi connectivity index (χ0) is 22.3. The number of benzene rings is 1. The van der Waals surface area contributed by atoms with Crippen molar-refractivity contribution < 1.29 is 17.9 Å². The Balaban J connectivity index is 1.73. The average Bonchev–Trinajstić information content (AvgIpc) is 3.02. The highest BCUT2D eigenvalue weighted by molar-refractivity contribution is 5.84. The number of nitrogens with zero attached hydrogens (tertiary/aromatic N) is 4. The third kappa shape index (κ3) is 3.91. The summed E-state index contributed by atoms with van der Waals surface area (Å²) in [6, 6.07) is 6.33. The SMILES string of the molecule is CC(Oc1nn(C)c2nnc(-c3c[nH]c(=O)[nH]c3=O)cc12)c1cccc(C(F)(F)F)c1. The minimum Gasteiger partial charge on any atom is -0.468 e. The largest absolute Gasteiger partial charge is 0.468 e. The molecule has 1 unspecified atom stereocenters. The second-order valence-electron chi connectivity index (χ2n) is 6.76. The second-order valence-corrected chi connectivity index (χ2v) is 6.76. The summed E-state index contributed by atoms with van der Waals surface area (Å²) in [4.78, 5) is 27.7. The number of ether oxygens (including phenoxy) is 1. The van der Waals surface area contributed by atoms with E-state index in [1.165, 1.54) is 29.1 Å². The summed E-state index contributed by atoms with van der Waals surface area (Å²) < 4.78 is 46.3. The smallest absolute Gasteiger partial charge is 0.416 e. The molecule has 160 valence electrons. The lowest BCUT2D eigenvalue weighted by Crippen LogP contribution is -2.22. The standard InChI is InChI=1S/C19H15F3N6O3/c1-9(10-4-3-5-11(6-10)19(20,21)22)31-17-12-7-14(25-26-15(12)28(2)27-17)13-8-23-18(30)24-16(13)29/h3-9H,1-2H3,(H2,23,24,29,30). The Bertz CT molecular complexity index is 1390. The molecule has 1 atom stereocenters. The van der Waals surface area contributed by atoms with Crippen LogP contribution in [-0.2, 0) is 13.2 Å². The van der Waals surface area contributed by atoms with Crippen LogP contribution >= 0.6 is 0 Å². The number of alkyl halides is 3.